The summed E-state index contributed by atoms with van der Waals surface area (Å²) in [5.41, 5.74) is 8.76. The largest absolute Gasteiger partial charge is 0.495 e. The van der Waals surface area contributed by atoms with Crippen molar-refractivity contribution < 1.29 is 79.0 Å². The summed E-state index contributed by atoms with van der Waals surface area (Å²) in [5, 5.41) is 23.4. The minimum Gasteiger partial charge on any atom is -0.495 e. The van der Waals surface area contributed by atoms with Crippen LogP contribution in [0.1, 0.15) is 106 Å². The Kier molecular flexibility index (Phi) is 49.3. The van der Waals surface area contributed by atoms with Crippen molar-refractivity contribution in [2.75, 3.05) is 192 Å². The number of anilines is 7. The number of aromatic nitrogens is 10. The normalized spacial score (nSPS) is 15.3. The molecular weight excluding hydrogens is 2060 g/mol. The maximum atomic E-state index is 12.2. The number of methoxy groups -OCH3 is 2. The fourth-order valence-corrected chi connectivity index (χ4v) is 16.0. The maximum absolute atomic E-state index is 12.2. The summed E-state index contributed by atoms with van der Waals surface area (Å²) in [7, 11) is 8.64. The molecule has 7 aromatic rings. The molecule has 0 unspecified atom stereocenters. The van der Waals surface area contributed by atoms with Crippen LogP contribution in [0, 0.1) is 0 Å². The van der Waals surface area contributed by atoms with Crippen molar-refractivity contribution >= 4 is 200 Å². The van der Waals surface area contributed by atoms with Crippen LogP contribution in [0.3, 0.4) is 0 Å². The number of carbonyl (C=O) groups excluding carboxylic acids is 4. The molecule has 139 heavy (non-hydrogen) atoms. The second-order valence-electron chi connectivity index (χ2n) is 34.2. The zero-order valence-corrected chi connectivity index (χ0v) is 89.5. The van der Waals surface area contributed by atoms with E-state index in [9.17, 15) is 41.1 Å². The first-order valence-corrected chi connectivity index (χ1v) is 51.1. The number of hydrogen-bond acceptors (Lipinski definition) is 34. The number of nitrogens with two attached hydrogens (primary N) is 1. The highest BCUT2D eigenvalue weighted by atomic mass is 35.5. The second-order valence-corrected chi connectivity index (χ2v) is 41.9. The molecular formula is C87H123Cl10N23O17S2. The summed E-state index contributed by atoms with van der Waals surface area (Å²) in [6, 6.07) is 7.08. The minimum absolute atomic E-state index is 0.0629. The molecule has 10 heterocycles. The number of aliphatic hydroxyl groups is 1. The van der Waals surface area contributed by atoms with Gasteiger partial charge in [-0.15, -0.1) is 0 Å². The van der Waals surface area contributed by atoms with Gasteiger partial charge < -0.3 is 99.4 Å². The fraction of sp³-hybridized carbons (Fsp3) is 0.540. The van der Waals surface area contributed by atoms with Crippen LogP contribution in [0.2, 0.25) is 51.4 Å². The lowest BCUT2D eigenvalue weighted by Gasteiger charge is -2.33. The van der Waals surface area contributed by atoms with E-state index in [0.717, 1.165) is 56.9 Å². The monoisotopic (exact) mass is 2180 g/mol. The lowest BCUT2D eigenvalue weighted by molar-refractivity contribution is -0.112. The smallest absolute Gasteiger partial charge is 0.410 e. The molecule has 0 radical (unpaired) electrons. The summed E-state index contributed by atoms with van der Waals surface area (Å²) >= 11 is 57.4. The summed E-state index contributed by atoms with van der Waals surface area (Å²) in [6.07, 6.45) is 17.5. The first-order valence-electron chi connectivity index (χ1n) is 43.6. The molecule has 0 saturated carbocycles. The molecule has 5 aliphatic rings. The number of amides is 4. The number of likely N-dealkylation sites (tertiary alicyclic amines) is 2. The van der Waals surface area contributed by atoms with E-state index in [0.29, 0.717) is 165 Å². The van der Waals surface area contributed by atoms with E-state index < -0.39 is 31.2 Å². The zero-order valence-electron chi connectivity index (χ0n) is 80.3. The van der Waals surface area contributed by atoms with E-state index in [1.807, 2.05) is 106 Å². The van der Waals surface area contributed by atoms with Crippen LogP contribution < -0.4 is 65.2 Å². The van der Waals surface area contributed by atoms with Gasteiger partial charge in [0, 0.05) is 118 Å². The summed E-state index contributed by atoms with van der Waals surface area (Å²) < 4.78 is 93.7. The molecule has 0 atom stereocenters. The third-order valence-corrected chi connectivity index (χ3v) is 25.2. The highest BCUT2D eigenvalue weighted by Crippen LogP contribution is 2.40. The van der Waals surface area contributed by atoms with Crippen LogP contribution in [0.5, 0.6) is 35.0 Å². The number of hydrogen-bond donors (Lipinski definition) is 6. The van der Waals surface area contributed by atoms with Crippen molar-refractivity contribution in [3.63, 3.8) is 0 Å². The first-order chi connectivity index (χ1) is 65.2. The average molecular weight is 2180 g/mol. The van der Waals surface area contributed by atoms with Gasteiger partial charge in [-0.3, -0.25) is 9.59 Å². The van der Waals surface area contributed by atoms with Crippen LogP contribution in [0.15, 0.2) is 80.6 Å². The van der Waals surface area contributed by atoms with Crippen LogP contribution in [0.25, 0.3) is 0 Å². The van der Waals surface area contributed by atoms with Crippen LogP contribution in [0.4, 0.5) is 49.7 Å². The number of nitrogens with zero attached hydrogens (tertiary/aromatic N) is 18. The molecule has 5 aliphatic heterocycles. The molecule has 40 nitrogen and oxygen atoms in total. The number of carbonyl (C=O) groups is 4. The number of piperidine rings is 5. The van der Waals surface area contributed by atoms with E-state index in [1.165, 1.54) is 64.3 Å². The van der Waals surface area contributed by atoms with Crippen molar-refractivity contribution in [1.82, 2.24) is 83.4 Å². The van der Waals surface area contributed by atoms with Crippen molar-refractivity contribution in [1.29, 1.82) is 0 Å². The predicted octanol–water partition coefficient (Wildman–Crippen LogP) is 15.1. The molecule has 770 valence electrons. The molecule has 4 amide bonds. The van der Waals surface area contributed by atoms with Gasteiger partial charge in [0.2, 0.25) is 82.5 Å². The van der Waals surface area contributed by atoms with E-state index in [-0.39, 0.29) is 114 Å². The van der Waals surface area contributed by atoms with Crippen LogP contribution in [-0.2, 0) is 39.1 Å². The molecule has 52 heteroatoms. The van der Waals surface area contributed by atoms with Gasteiger partial charge in [-0.2, -0.15) is 19.9 Å². The lowest BCUT2D eigenvalue weighted by atomic mass is 10.1. The molecule has 5 saturated heterocycles. The van der Waals surface area contributed by atoms with Gasteiger partial charge >= 0.3 is 12.2 Å². The Morgan fingerprint density at radius 3 is 1.14 bits per heavy atom. The highest BCUT2D eigenvalue weighted by molar-refractivity contribution is 7.88. The Balaban J connectivity index is 0.000000260. The number of sulfonamides is 2. The molecule has 0 aliphatic carbocycles. The van der Waals surface area contributed by atoms with Crippen LogP contribution >= 0.6 is 116 Å². The van der Waals surface area contributed by atoms with Gasteiger partial charge in [0.15, 0.2) is 5.15 Å². The maximum Gasteiger partial charge on any atom is 0.410 e. The van der Waals surface area contributed by atoms with Gasteiger partial charge in [-0.25, -0.2) is 64.9 Å². The minimum atomic E-state index is -3.24. The summed E-state index contributed by atoms with van der Waals surface area (Å²) in [6.45, 7) is 27.1. The number of ether oxygens (including phenoxy) is 8. The van der Waals surface area contributed by atoms with Gasteiger partial charge in [0.1, 0.15) is 67.2 Å². The van der Waals surface area contributed by atoms with Gasteiger partial charge in [-0.1, -0.05) is 82.8 Å². The Hall–Kier alpha value is -8.64. The first kappa shape index (κ1) is 119. The molecule has 2 aromatic carbocycles. The van der Waals surface area contributed by atoms with Crippen molar-refractivity contribution in [2.24, 2.45) is 0 Å². The number of nitrogen functional groups attached to an aromatic ring is 1. The number of likely N-dealkylation sites (N-methyl/N-ethyl adjacent to an activating group) is 4. The number of aliphatic hydroxyl groups excluding tert-OH is 1. The second kappa shape index (κ2) is 57.6. The molecule has 12 rings (SSSR count). The Morgan fingerprint density at radius 1 is 0.468 bits per heavy atom. The Bertz CT molecular complexity index is 5410. The SMILES string of the molecule is C=CC(=O)Nc1cc(N)c(OC)cc1N(C)CCN(C)C.C=CC(=O)Nc1cc(Nc2ncc(Cl)c(OC3CCN(S(C)(=O)=O)CC3)n2)c(OC)cc1N(C)CCN(C)C.CC(C)(C)OC(=O)N1CCC(O)CC1.CC(C)(C)OC(=O)N1CCC(Oc2nc(Cl)ncc2Cl)CC1.CS(=O)(=O)N1CCC(Oc2nc(Cl)ncc2Cl)CC1.Clc1ncc(Cl)c(Cl)n1.Clc1ncc(Cl)c(OC2CCNCC2)n1. The molecule has 5 aromatic heterocycles. The molecule has 0 spiro atoms. The van der Waals surface area contributed by atoms with Gasteiger partial charge in [0.05, 0.1) is 103 Å². The van der Waals surface area contributed by atoms with Crippen molar-refractivity contribution in [3.8, 4) is 35.0 Å². The Labute approximate surface area is 862 Å². The fourth-order valence-electron chi connectivity index (χ4n) is 12.9. The number of rotatable bonds is 26. The standard InChI is InChI=1S/C25H36ClN7O5S.C15H24N4O2.C14H19Cl2N3O3.C10H13Cl2N3O3S.C10H19NO3.C9H11Cl2N3O.C4HCl3N2/c1-7-23(34)28-19-14-20(22(37-5)15-21(19)32(4)13-12-31(2)3)29-25-27-16-18(26)24(30-25)38-17-8-10-33(11-9-17)39(6,35)36;1-6-15(20)17-12-9-11(16)14(21-5)10-13(12)19(4)8-7-18(2)3;1-14(2,3)22-13(20)19-6-4-9(5-7-19)21-11-10(15)8-17-12(16)18-11;1-19(16,17)15-4-2-7(3-5-15)18-9-8(11)6-13-10(12)14-9;1-10(2,3)14-9(13)11-6-4-8(12)5-7-11;10-7-5-13-9(11)14-8(7)15-6-1-3-12-4-2-6;5-2-1-8-4(7)9-3(2)6/h7,14-17H,1,8-13H2,2-6H3,(H,28,34)(H,27,29,30);6,9-10H,1,7-8,16H2,2-5H3,(H,17,20);8-9H,4-7H2,1-3H3;6-7H,2-5H2,1H3;8,12H,4-7H2,1-3H3;5-6,12H,1-4H2;1H. The molecule has 5 fully saturated rings. The van der Waals surface area contributed by atoms with Gasteiger partial charge in [0.25, 0.3) is 0 Å². The van der Waals surface area contributed by atoms with E-state index in [4.69, 9.17) is 160 Å². The lowest BCUT2D eigenvalue weighted by Crippen LogP contribution is -2.44. The summed E-state index contributed by atoms with van der Waals surface area (Å²) in [4.78, 5) is 97.7. The van der Waals surface area contributed by atoms with Gasteiger partial charge in [-0.05, 0) is 205 Å². The zero-order chi connectivity index (χ0) is 103. The predicted molar refractivity (Wildman–Crippen MR) is 546 cm³/mol. The van der Waals surface area contributed by atoms with Crippen molar-refractivity contribution in [2.45, 2.75) is 147 Å². The number of halogens is 10. The highest BCUT2D eigenvalue weighted by Gasteiger charge is 2.33. The third-order valence-electron chi connectivity index (χ3n) is 20.2. The number of benzene rings is 2. The molecule has 7 N–H and O–H groups in total. The number of nitrogens with one attached hydrogen (secondary N) is 4. The average Bonchev–Trinajstić information content (AvgIpc) is 0.799. The van der Waals surface area contributed by atoms with E-state index >= 15 is 0 Å². The third kappa shape index (κ3) is 43.2. The van der Waals surface area contributed by atoms with Crippen LogP contribution in [-0.4, -0.2) is 326 Å². The Morgan fingerprint density at radius 2 is 0.799 bits per heavy atom. The molecule has 0 bridgehead atoms. The van der Waals surface area contributed by atoms with Crippen molar-refractivity contribution in [3.05, 3.63) is 132 Å². The van der Waals surface area contributed by atoms with E-state index in [1.54, 1.807) is 36.2 Å². The topological polar surface area (TPSA) is 460 Å². The van der Waals surface area contributed by atoms with E-state index in [2.05, 4.69) is 94.1 Å². The summed E-state index contributed by atoms with van der Waals surface area (Å²) in [5.74, 6) is 1.74. The quantitative estimate of drug-likeness (QED) is 0.0127.